The lowest BCUT2D eigenvalue weighted by molar-refractivity contribution is 0.119. The van der Waals surface area contributed by atoms with E-state index in [1.54, 1.807) is 13.0 Å². The molecule has 1 saturated heterocycles. The van der Waals surface area contributed by atoms with Gasteiger partial charge in [0, 0.05) is 44.3 Å². The highest BCUT2D eigenvalue weighted by Gasteiger charge is 2.29. The second-order valence-electron chi connectivity index (χ2n) is 5.68. The summed E-state index contributed by atoms with van der Waals surface area (Å²) in [5.74, 6) is 1.43. The van der Waals surface area contributed by atoms with Crippen LogP contribution in [0, 0.1) is 6.92 Å². The summed E-state index contributed by atoms with van der Waals surface area (Å²) < 4.78 is 0. The van der Waals surface area contributed by atoms with Crippen molar-refractivity contribution in [3.05, 3.63) is 22.2 Å². The summed E-state index contributed by atoms with van der Waals surface area (Å²) in [7, 11) is 0. The van der Waals surface area contributed by atoms with Gasteiger partial charge in [0.2, 0.25) is 0 Å². The molecule has 0 unspecified atom stereocenters. The Labute approximate surface area is 113 Å². The van der Waals surface area contributed by atoms with Crippen LogP contribution in [0.25, 0.3) is 0 Å². The van der Waals surface area contributed by atoms with Crippen LogP contribution >= 0.6 is 0 Å². The van der Waals surface area contributed by atoms with E-state index in [2.05, 4.69) is 33.6 Å². The molecule has 0 radical (unpaired) electrons. The van der Waals surface area contributed by atoms with Gasteiger partial charge in [0.15, 0.2) is 0 Å². The molecule has 0 amide bonds. The maximum atomic E-state index is 11.5. The van der Waals surface area contributed by atoms with Gasteiger partial charge in [-0.15, -0.1) is 0 Å². The number of nitrogens with zero attached hydrogens (tertiary/aromatic N) is 3. The fourth-order valence-electron chi connectivity index (χ4n) is 2.40. The van der Waals surface area contributed by atoms with Gasteiger partial charge in [-0.05, 0) is 20.8 Å². The zero-order valence-corrected chi connectivity index (χ0v) is 11.9. The molecule has 1 aliphatic rings. The minimum Gasteiger partial charge on any atom is -0.354 e. The van der Waals surface area contributed by atoms with Gasteiger partial charge in [-0.1, -0.05) is 0 Å². The van der Waals surface area contributed by atoms with E-state index >= 15 is 0 Å². The van der Waals surface area contributed by atoms with Crippen molar-refractivity contribution in [1.82, 2.24) is 14.9 Å². The lowest BCUT2D eigenvalue weighted by Gasteiger charge is -2.43. The molecule has 0 bridgehead atoms. The number of nitrogens with one attached hydrogen (secondary N) is 1. The summed E-state index contributed by atoms with van der Waals surface area (Å²) in [6.45, 7) is 10.4. The smallest absolute Gasteiger partial charge is 0.252 e. The van der Waals surface area contributed by atoms with Crippen molar-refractivity contribution < 1.29 is 0 Å². The molecule has 6 heteroatoms. The number of hydrogen-bond acceptors (Lipinski definition) is 5. The van der Waals surface area contributed by atoms with Gasteiger partial charge in [-0.2, -0.15) is 0 Å². The number of aromatic amines is 1. The minimum absolute atomic E-state index is 0.0313. The summed E-state index contributed by atoms with van der Waals surface area (Å²) >= 11 is 0. The summed E-state index contributed by atoms with van der Waals surface area (Å²) in [5, 5.41) is 0. The standard InChI is InChI=1S/C13H23N5O/c1-10-15-11(8-12(19)16-10)17-4-6-18(7-5-17)13(2,3)9-14/h8H,4-7,9,14H2,1-3H3,(H,15,16,19). The largest absolute Gasteiger partial charge is 0.354 e. The van der Waals surface area contributed by atoms with Crippen molar-refractivity contribution in [3.63, 3.8) is 0 Å². The molecular formula is C13H23N5O. The number of aromatic nitrogens is 2. The Morgan fingerprint density at radius 3 is 2.53 bits per heavy atom. The molecule has 0 aromatic carbocycles. The van der Waals surface area contributed by atoms with Gasteiger partial charge in [0.05, 0.1) is 0 Å². The molecule has 1 aliphatic heterocycles. The molecule has 1 fully saturated rings. The normalized spacial score (nSPS) is 17.8. The molecule has 1 aromatic rings. The molecule has 0 aliphatic carbocycles. The van der Waals surface area contributed by atoms with Crippen molar-refractivity contribution in [1.29, 1.82) is 0 Å². The highest BCUT2D eigenvalue weighted by atomic mass is 16.1. The van der Waals surface area contributed by atoms with Crippen molar-refractivity contribution >= 4 is 5.82 Å². The molecule has 0 saturated carbocycles. The van der Waals surface area contributed by atoms with Gasteiger partial charge < -0.3 is 15.6 Å². The molecule has 0 atom stereocenters. The fraction of sp³-hybridized carbons (Fsp3) is 0.692. The van der Waals surface area contributed by atoms with Crippen LogP contribution in [0.3, 0.4) is 0 Å². The van der Waals surface area contributed by atoms with E-state index in [0.717, 1.165) is 32.0 Å². The van der Waals surface area contributed by atoms with Crippen LogP contribution in [0.4, 0.5) is 5.82 Å². The molecule has 19 heavy (non-hydrogen) atoms. The monoisotopic (exact) mass is 265 g/mol. The molecule has 1 aromatic heterocycles. The zero-order valence-electron chi connectivity index (χ0n) is 11.9. The fourth-order valence-corrected chi connectivity index (χ4v) is 2.40. The second kappa shape index (κ2) is 5.30. The highest BCUT2D eigenvalue weighted by Crippen LogP contribution is 2.18. The molecule has 0 spiro atoms. The Bertz CT molecular complexity index is 488. The Kier molecular flexibility index (Phi) is 3.91. The molecular weight excluding hydrogens is 242 g/mol. The molecule has 2 heterocycles. The first-order chi connectivity index (χ1) is 8.92. The van der Waals surface area contributed by atoms with Crippen molar-refractivity contribution in [2.24, 2.45) is 5.73 Å². The first-order valence-electron chi connectivity index (χ1n) is 6.70. The number of rotatable bonds is 3. The van der Waals surface area contributed by atoms with Crippen LogP contribution in [-0.2, 0) is 0 Å². The van der Waals surface area contributed by atoms with E-state index in [0.29, 0.717) is 12.4 Å². The van der Waals surface area contributed by atoms with E-state index in [9.17, 15) is 4.79 Å². The Morgan fingerprint density at radius 1 is 1.37 bits per heavy atom. The lowest BCUT2D eigenvalue weighted by Crippen LogP contribution is -2.57. The zero-order chi connectivity index (χ0) is 14.0. The van der Waals surface area contributed by atoms with Crippen molar-refractivity contribution in [3.8, 4) is 0 Å². The molecule has 2 rings (SSSR count). The van der Waals surface area contributed by atoms with Crippen molar-refractivity contribution in [2.75, 3.05) is 37.6 Å². The Morgan fingerprint density at radius 2 is 2.00 bits per heavy atom. The lowest BCUT2D eigenvalue weighted by atomic mass is 10.0. The predicted molar refractivity (Wildman–Crippen MR) is 76.5 cm³/mol. The number of aryl methyl sites for hydroxylation is 1. The van der Waals surface area contributed by atoms with Crippen LogP contribution < -0.4 is 16.2 Å². The molecule has 6 nitrogen and oxygen atoms in total. The van der Waals surface area contributed by atoms with Crippen LogP contribution in [-0.4, -0.2) is 53.1 Å². The summed E-state index contributed by atoms with van der Waals surface area (Å²) in [6, 6.07) is 1.57. The summed E-state index contributed by atoms with van der Waals surface area (Å²) in [5.41, 5.74) is 5.75. The first kappa shape index (κ1) is 14.0. The van der Waals surface area contributed by atoms with Gasteiger partial charge in [0.1, 0.15) is 11.6 Å². The predicted octanol–water partition coefficient (Wildman–Crippen LogP) is -0.0624. The SMILES string of the molecule is Cc1nc(N2CCN(C(C)(C)CN)CC2)cc(=O)[nH]1. The second-order valence-corrected chi connectivity index (χ2v) is 5.68. The van der Waals surface area contributed by atoms with Gasteiger partial charge in [0.25, 0.3) is 5.56 Å². The quantitative estimate of drug-likeness (QED) is 0.800. The third-order valence-electron chi connectivity index (χ3n) is 3.81. The Balaban J connectivity index is 2.06. The van der Waals surface area contributed by atoms with E-state index < -0.39 is 0 Å². The Hall–Kier alpha value is -1.40. The average Bonchev–Trinajstić information content (AvgIpc) is 2.38. The number of anilines is 1. The maximum absolute atomic E-state index is 11.5. The number of nitrogens with two attached hydrogens (primary N) is 1. The highest BCUT2D eigenvalue weighted by molar-refractivity contribution is 5.38. The molecule has 106 valence electrons. The topological polar surface area (TPSA) is 78.2 Å². The summed E-state index contributed by atoms with van der Waals surface area (Å²) in [4.78, 5) is 23.1. The summed E-state index contributed by atoms with van der Waals surface area (Å²) in [6.07, 6.45) is 0. The number of hydrogen-bond donors (Lipinski definition) is 2. The van der Waals surface area contributed by atoms with Gasteiger partial charge in [-0.25, -0.2) is 4.98 Å². The van der Waals surface area contributed by atoms with Gasteiger partial charge in [-0.3, -0.25) is 9.69 Å². The minimum atomic E-state index is -0.0905. The number of piperazine rings is 1. The van der Waals surface area contributed by atoms with Crippen LogP contribution in [0.5, 0.6) is 0 Å². The van der Waals surface area contributed by atoms with Crippen LogP contribution in [0.2, 0.25) is 0 Å². The third kappa shape index (κ3) is 3.13. The average molecular weight is 265 g/mol. The van der Waals surface area contributed by atoms with E-state index in [1.165, 1.54) is 0 Å². The third-order valence-corrected chi connectivity index (χ3v) is 3.81. The first-order valence-corrected chi connectivity index (χ1v) is 6.70. The van der Waals surface area contributed by atoms with Crippen molar-refractivity contribution in [2.45, 2.75) is 26.3 Å². The number of H-pyrrole nitrogens is 1. The van der Waals surface area contributed by atoms with Gasteiger partial charge >= 0.3 is 0 Å². The maximum Gasteiger partial charge on any atom is 0.252 e. The van der Waals surface area contributed by atoms with E-state index in [-0.39, 0.29) is 11.1 Å². The van der Waals surface area contributed by atoms with Crippen LogP contribution in [0.1, 0.15) is 19.7 Å². The van der Waals surface area contributed by atoms with E-state index in [4.69, 9.17) is 5.73 Å². The molecule has 3 N–H and O–H groups in total. The van der Waals surface area contributed by atoms with E-state index in [1.807, 2.05) is 0 Å². The van der Waals surface area contributed by atoms with Crippen LogP contribution in [0.15, 0.2) is 10.9 Å².